The Balaban J connectivity index is 2.16. The van der Waals surface area contributed by atoms with E-state index in [2.05, 4.69) is 56.3 Å². The van der Waals surface area contributed by atoms with E-state index in [0.29, 0.717) is 0 Å². The topological polar surface area (TPSA) is 26.0 Å². The molecule has 1 nitrogen and oxygen atoms in total. The molecule has 0 heterocycles. The van der Waals surface area contributed by atoms with Crippen LogP contribution < -0.4 is 5.73 Å². The van der Waals surface area contributed by atoms with Crippen molar-refractivity contribution in [2.75, 3.05) is 0 Å². The highest BCUT2D eigenvalue weighted by molar-refractivity contribution is 5.39. The van der Waals surface area contributed by atoms with Crippen LogP contribution in [0.2, 0.25) is 0 Å². The van der Waals surface area contributed by atoms with Crippen LogP contribution in [0.25, 0.3) is 0 Å². The standard InChI is InChI=1S/C17H23N/c1-3-16-13-15(10-11-17(16,18)4-2)12-14-8-6-5-7-9-14/h5-10,13H,3-4,11-12,18H2,1-2H3. The van der Waals surface area contributed by atoms with Crippen molar-refractivity contribution in [1.29, 1.82) is 0 Å². The number of hydrogen-bond acceptors (Lipinski definition) is 1. The van der Waals surface area contributed by atoms with E-state index >= 15 is 0 Å². The summed E-state index contributed by atoms with van der Waals surface area (Å²) < 4.78 is 0. The van der Waals surface area contributed by atoms with Crippen molar-refractivity contribution in [3.63, 3.8) is 0 Å². The first-order valence-corrected chi connectivity index (χ1v) is 6.91. The van der Waals surface area contributed by atoms with E-state index in [4.69, 9.17) is 5.73 Å². The molecule has 0 saturated heterocycles. The minimum atomic E-state index is -0.102. The van der Waals surface area contributed by atoms with Gasteiger partial charge in [0.25, 0.3) is 0 Å². The number of nitrogens with two attached hydrogens (primary N) is 1. The normalized spacial score (nSPS) is 23.5. The molecule has 0 aromatic heterocycles. The van der Waals surface area contributed by atoms with E-state index in [1.807, 2.05) is 0 Å². The second-order valence-electron chi connectivity index (χ2n) is 5.18. The molecular formula is C17H23N. The van der Waals surface area contributed by atoms with Gasteiger partial charge >= 0.3 is 0 Å². The Morgan fingerprint density at radius 3 is 2.50 bits per heavy atom. The Morgan fingerprint density at radius 2 is 1.89 bits per heavy atom. The van der Waals surface area contributed by atoms with E-state index in [1.54, 1.807) is 0 Å². The van der Waals surface area contributed by atoms with Gasteiger partial charge in [-0.05, 0) is 36.8 Å². The Labute approximate surface area is 110 Å². The zero-order valence-electron chi connectivity index (χ0n) is 11.4. The van der Waals surface area contributed by atoms with E-state index in [0.717, 1.165) is 25.7 Å². The molecule has 1 aromatic carbocycles. The first-order valence-electron chi connectivity index (χ1n) is 6.91. The summed E-state index contributed by atoms with van der Waals surface area (Å²) >= 11 is 0. The highest BCUT2D eigenvalue weighted by atomic mass is 14.7. The Kier molecular flexibility index (Phi) is 4.03. The van der Waals surface area contributed by atoms with Gasteiger partial charge in [-0.2, -0.15) is 0 Å². The quantitative estimate of drug-likeness (QED) is 0.847. The first-order chi connectivity index (χ1) is 8.68. The minimum absolute atomic E-state index is 0.102. The van der Waals surface area contributed by atoms with Crippen molar-refractivity contribution in [2.24, 2.45) is 5.73 Å². The third kappa shape index (κ3) is 2.73. The molecule has 0 saturated carbocycles. The maximum atomic E-state index is 6.46. The largest absolute Gasteiger partial charge is 0.321 e. The van der Waals surface area contributed by atoms with E-state index in [-0.39, 0.29) is 5.54 Å². The van der Waals surface area contributed by atoms with Gasteiger partial charge in [-0.1, -0.05) is 61.9 Å². The van der Waals surface area contributed by atoms with Gasteiger partial charge in [-0.3, -0.25) is 0 Å². The summed E-state index contributed by atoms with van der Waals surface area (Å²) in [5.74, 6) is 0. The predicted molar refractivity (Wildman–Crippen MR) is 78.4 cm³/mol. The van der Waals surface area contributed by atoms with Gasteiger partial charge in [0.1, 0.15) is 0 Å². The molecule has 96 valence electrons. The molecule has 0 spiro atoms. The smallest absolute Gasteiger partial charge is 0.0404 e. The highest BCUT2D eigenvalue weighted by Gasteiger charge is 2.28. The first kappa shape index (κ1) is 13.1. The van der Waals surface area contributed by atoms with Crippen LogP contribution in [-0.2, 0) is 6.42 Å². The average molecular weight is 241 g/mol. The second-order valence-corrected chi connectivity index (χ2v) is 5.18. The summed E-state index contributed by atoms with van der Waals surface area (Å²) in [4.78, 5) is 0. The van der Waals surface area contributed by atoms with Crippen molar-refractivity contribution in [2.45, 2.75) is 45.1 Å². The summed E-state index contributed by atoms with van der Waals surface area (Å²) in [6, 6.07) is 10.6. The molecule has 0 fully saturated rings. The SMILES string of the molecule is CCC1=CC(Cc2ccccc2)=CCC1(N)CC. The number of hydrogen-bond donors (Lipinski definition) is 1. The maximum Gasteiger partial charge on any atom is 0.0404 e. The summed E-state index contributed by atoms with van der Waals surface area (Å²) in [7, 11) is 0. The van der Waals surface area contributed by atoms with Gasteiger partial charge in [0.15, 0.2) is 0 Å². The lowest BCUT2D eigenvalue weighted by Gasteiger charge is -2.33. The third-order valence-electron chi connectivity index (χ3n) is 3.99. The van der Waals surface area contributed by atoms with Crippen LogP contribution in [-0.4, -0.2) is 5.54 Å². The molecule has 0 bridgehead atoms. The maximum absolute atomic E-state index is 6.46. The van der Waals surface area contributed by atoms with Gasteiger partial charge in [0.2, 0.25) is 0 Å². The number of benzene rings is 1. The molecule has 2 rings (SSSR count). The number of allylic oxidation sites excluding steroid dienone is 2. The van der Waals surface area contributed by atoms with Crippen molar-refractivity contribution in [3.05, 3.63) is 59.2 Å². The molecular weight excluding hydrogens is 218 g/mol. The third-order valence-corrected chi connectivity index (χ3v) is 3.99. The van der Waals surface area contributed by atoms with E-state index < -0.39 is 0 Å². The lowest BCUT2D eigenvalue weighted by atomic mass is 9.78. The second kappa shape index (κ2) is 5.53. The van der Waals surface area contributed by atoms with Gasteiger partial charge < -0.3 is 5.73 Å². The van der Waals surface area contributed by atoms with E-state index in [1.165, 1.54) is 16.7 Å². The average Bonchev–Trinajstić information content (AvgIpc) is 2.42. The van der Waals surface area contributed by atoms with Crippen LogP contribution in [0.5, 0.6) is 0 Å². The van der Waals surface area contributed by atoms with Crippen LogP contribution in [0.3, 0.4) is 0 Å². The predicted octanol–water partition coefficient (Wildman–Crippen LogP) is 4.00. The molecule has 1 aliphatic carbocycles. The van der Waals surface area contributed by atoms with Crippen LogP contribution in [0, 0.1) is 0 Å². The van der Waals surface area contributed by atoms with Crippen molar-refractivity contribution >= 4 is 0 Å². The molecule has 1 heteroatoms. The molecule has 0 amide bonds. The Morgan fingerprint density at radius 1 is 1.17 bits per heavy atom. The number of rotatable bonds is 4. The molecule has 0 radical (unpaired) electrons. The van der Waals surface area contributed by atoms with Gasteiger partial charge in [0.05, 0.1) is 0 Å². The summed E-state index contributed by atoms with van der Waals surface area (Å²) in [6.07, 6.45) is 8.70. The fraction of sp³-hybridized carbons (Fsp3) is 0.412. The van der Waals surface area contributed by atoms with Crippen molar-refractivity contribution < 1.29 is 0 Å². The van der Waals surface area contributed by atoms with Crippen molar-refractivity contribution in [1.82, 2.24) is 0 Å². The van der Waals surface area contributed by atoms with Crippen molar-refractivity contribution in [3.8, 4) is 0 Å². The van der Waals surface area contributed by atoms with Crippen LogP contribution in [0.1, 0.15) is 38.7 Å². The Hall–Kier alpha value is -1.34. The zero-order valence-corrected chi connectivity index (χ0v) is 11.4. The van der Waals surface area contributed by atoms with Crippen LogP contribution in [0.4, 0.5) is 0 Å². The summed E-state index contributed by atoms with van der Waals surface area (Å²) in [5.41, 5.74) is 10.5. The lowest BCUT2D eigenvalue weighted by Crippen LogP contribution is -2.42. The fourth-order valence-electron chi connectivity index (χ4n) is 2.65. The minimum Gasteiger partial charge on any atom is -0.321 e. The monoisotopic (exact) mass is 241 g/mol. The molecule has 1 atom stereocenters. The molecule has 2 N–H and O–H groups in total. The molecule has 0 aliphatic heterocycles. The molecule has 1 aliphatic rings. The van der Waals surface area contributed by atoms with Gasteiger partial charge in [0, 0.05) is 5.54 Å². The van der Waals surface area contributed by atoms with Crippen LogP contribution >= 0.6 is 0 Å². The van der Waals surface area contributed by atoms with E-state index in [9.17, 15) is 0 Å². The summed E-state index contributed by atoms with van der Waals surface area (Å²) in [6.45, 7) is 4.38. The molecule has 1 aromatic rings. The van der Waals surface area contributed by atoms with Crippen LogP contribution in [0.15, 0.2) is 53.6 Å². The zero-order chi connectivity index (χ0) is 13.0. The lowest BCUT2D eigenvalue weighted by molar-refractivity contribution is 0.467. The Bertz CT molecular complexity index is 456. The molecule has 18 heavy (non-hydrogen) atoms. The fourth-order valence-corrected chi connectivity index (χ4v) is 2.65. The van der Waals surface area contributed by atoms with Gasteiger partial charge in [-0.15, -0.1) is 0 Å². The van der Waals surface area contributed by atoms with Gasteiger partial charge in [-0.25, -0.2) is 0 Å². The summed E-state index contributed by atoms with van der Waals surface area (Å²) in [5, 5.41) is 0. The highest BCUT2D eigenvalue weighted by Crippen LogP contribution is 2.31. The molecule has 1 unspecified atom stereocenters.